The number of carbonyl (C=O) groups excluding carboxylic acids is 2. The Balaban J connectivity index is 3.46. The van der Waals surface area contributed by atoms with Gasteiger partial charge in [-0.3, -0.25) is 9.59 Å². The molecule has 6 nitrogen and oxygen atoms in total. The highest BCUT2D eigenvalue weighted by atomic mass is 16.5. The van der Waals surface area contributed by atoms with Gasteiger partial charge in [-0.15, -0.1) is 0 Å². The molecule has 0 rings (SSSR count). The molecule has 0 aromatic carbocycles. The summed E-state index contributed by atoms with van der Waals surface area (Å²) in [4.78, 5) is 24.6. The molecule has 2 unspecified atom stereocenters. The first kappa shape index (κ1) is 71.8. The molecule has 0 saturated carbocycles. The Bertz CT molecular complexity index is 1240. The Morgan fingerprint density at radius 2 is 0.676 bits per heavy atom. The lowest BCUT2D eigenvalue weighted by Crippen LogP contribution is -2.45. The molecule has 0 aromatic rings. The topological polar surface area (TPSA) is 95.9 Å². The van der Waals surface area contributed by atoms with Crippen LogP contribution in [-0.4, -0.2) is 47.4 Å². The predicted molar refractivity (Wildman–Crippen MR) is 324 cm³/mol. The number of hydrogen-bond donors (Lipinski definition) is 3. The number of carbonyl (C=O) groups is 2. The minimum absolute atomic E-state index is 0.00465. The van der Waals surface area contributed by atoms with Crippen LogP contribution in [0.25, 0.3) is 0 Å². The fourth-order valence-corrected chi connectivity index (χ4v) is 10.0. The maximum absolute atomic E-state index is 12.5. The zero-order valence-corrected chi connectivity index (χ0v) is 49.6. The number of ether oxygens (including phenoxy) is 1. The second-order valence-corrected chi connectivity index (χ2v) is 22.4. The van der Waals surface area contributed by atoms with Crippen LogP contribution in [0.3, 0.4) is 0 Å². The van der Waals surface area contributed by atoms with E-state index in [-0.39, 0.29) is 18.5 Å². The molecule has 3 N–H and O–H groups in total. The van der Waals surface area contributed by atoms with Gasteiger partial charge in [-0.25, -0.2) is 0 Å². The van der Waals surface area contributed by atoms with Crippen LogP contribution in [0.4, 0.5) is 0 Å². The summed E-state index contributed by atoms with van der Waals surface area (Å²) in [7, 11) is 0. The van der Waals surface area contributed by atoms with Crippen LogP contribution in [0.2, 0.25) is 0 Å². The molecule has 74 heavy (non-hydrogen) atoms. The minimum atomic E-state index is -0.851. The third kappa shape index (κ3) is 59.1. The lowest BCUT2D eigenvalue weighted by molar-refractivity contribution is -0.143. The smallest absolute Gasteiger partial charge is 0.305 e. The molecule has 6 heteroatoms. The standard InChI is InChI=1S/C68H127NO5/c1-3-5-7-9-11-13-15-17-19-20-21-26-29-33-36-40-44-48-52-56-60-66(71)65(64-70)69-67(72)61-57-53-49-45-41-37-34-30-27-24-22-23-25-28-31-35-39-43-47-51-55-59-63-74-68(73)62-58-54-50-46-42-38-32-18-16-14-12-10-8-6-4-2/h12,14,18,24,27,32,56,60,65-66,70-71H,3-11,13,15-17,19-23,25-26,28-31,33-55,57-59,61-64H2,1-2H3,(H,69,72)/b14-12-,27-24-,32-18-,60-56+. The van der Waals surface area contributed by atoms with Gasteiger partial charge < -0.3 is 20.3 Å². The molecule has 0 aromatic heterocycles. The normalized spacial score (nSPS) is 12.9. The molecule has 0 aliphatic rings. The number of nitrogens with one attached hydrogen (secondary N) is 1. The van der Waals surface area contributed by atoms with Crippen molar-refractivity contribution < 1.29 is 24.5 Å². The van der Waals surface area contributed by atoms with E-state index in [9.17, 15) is 19.8 Å². The first-order chi connectivity index (χ1) is 36.5. The van der Waals surface area contributed by atoms with Crippen molar-refractivity contribution in [3.05, 3.63) is 48.6 Å². The van der Waals surface area contributed by atoms with Gasteiger partial charge in [0.15, 0.2) is 0 Å². The van der Waals surface area contributed by atoms with Crippen molar-refractivity contribution in [1.29, 1.82) is 0 Å². The van der Waals surface area contributed by atoms with Crippen molar-refractivity contribution in [3.8, 4) is 0 Å². The third-order valence-electron chi connectivity index (χ3n) is 15.1. The van der Waals surface area contributed by atoms with Gasteiger partial charge in [-0.05, 0) is 89.9 Å². The average Bonchev–Trinajstić information content (AvgIpc) is 3.40. The van der Waals surface area contributed by atoms with Crippen molar-refractivity contribution in [2.24, 2.45) is 0 Å². The van der Waals surface area contributed by atoms with Crippen LogP contribution < -0.4 is 5.32 Å². The lowest BCUT2D eigenvalue weighted by Gasteiger charge is -2.20. The Kier molecular flexibility index (Phi) is 61.5. The number of esters is 1. The van der Waals surface area contributed by atoms with Crippen molar-refractivity contribution in [2.45, 2.75) is 360 Å². The second kappa shape index (κ2) is 63.4. The Labute approximate surface area is 461 Å². The highest BCUT2D eigenvalue weighted by Gasteiger charge is 2.18. The number of aliphatic hydroxyl groups excluding tert-OH is 2. The first-order valence-corrected chi connectivity index (χ1v) is 32.9. The number of allylic oxidation sites excluding steroid dienone is 7. The quantitative estimate of drug-likeness (QED) is 0.0320. The zero-order chi connectivity index (χ0) is 53.6. The molecule has 0 spiro atoms. The summed E-state index contributed by atoms with van der Waals surface area (Å²) in [5, 5.41) is 23.2. The van der Waals surface area contributed by atoms with Gasteiger partial charge in [0, 0.05) is 12.8 Å². The number of aliphatic hydroxyl groups is 2. The van der Waals surface area contributed by atoms with E-state index in [0.29, 0.717) is 19.4 Å². The van der Waals surface area contributed by atoms with Gasteiger partial charge in [0.05, 0.1) is 25.4 Å². The van der Waals surface area contributed by atoms with E-state index in [1.165, 1.54) is 263 Å². The van der Waals surface area contributed by atoms with E-state index in [4.69, 9.17) is 4.74 Å². The van der Waals surface area contributed by atoms with Crippen LogP contribution in [0.15, 0.2) is 48.6 Å². The summed E-state index contributed by atoms with van der Waals surface area (Å²) < 4.78 is 5.48. The summed E-state index contributed by atoms with van der Waals surface area (Å²) in [5.41, 5.74) is 0. The molecule has 0 heterocycles. The molecule has 0 aliphatic carbocycles. The largest absolute Gasteiger partial charge is 0.466 e. The van der Waals surface area contributed by atoms with E-state index >= 15 is 0 Å². The number of rotatable bonds is 61. The fourth-order valence-electron chi connectivity index (χ4n) is 10.0. The Hall–Kier alpha value is -2.18. The molecule has 0 bridgehead atoms. The van der Waals surface area contributed by atoms with Gasteiger partial charge >= 0.3 is 5.97 Å². The molecular formula is C68H127NO5. The maximum atomic E-state index is 12.5. The first-order valence-electron chi connectivity index (χ1n) is 32.9. The lowest BCUT2D eigenvalue weighted by atomic mass is 10.0. The SMILES string of the molecule is CCCCC/C=C\C/C=C\CCCCCCCC(=O)OCCCCCCCCCCCCC/C=C\CCCCCCCCCC(=O)NC(CO)C(O)/C=C/CCCCCCCCCCCCCCCCCCCC. The second-order valence-electron chi connectivity index (χ2n) is 22.4. The number of amides is 1. The van der Waals surface area contributed by atoms with Gasteiger partial charge in [0.1, 0.15) is 0 Å². The van der Waals surface area contributed by atoms with Crippen LogP contribution in [-0.2, 0) is 14.3 Å². The van der Waals surface area contributed by atoms with Crippen molar-refractivity contribution in [3.63, 3.8) is 0 Å². The van der Waals surface area contributed by atoms with Crippen LogP contribution in [0.1, 0.15) is 348 Å². The Morgan fingerprint density at radius 3 is 1.07 bits per heavy atom. The summed E-state index contributed by atoms with van der Waals surface area (Å²) in [6, 6.07) is -0.635. The Morgan fingerprint density at radius 1 is 0.378 bits per heavy atom. The van der Waals surface area contributed by atoms with E-state index in [1.807, 2.05) is 6.08 Å². The van der Waals surface area contributed by atoms with Crippen molar-refractivity contribution >= 4 is 11.9 Å². The predicted octanol–water partition coefficient (Wildman–Crippen LogP) is 20.9. The highest BCUT2D eigenvalue weighted by molar-refractivity contribution is 5.76. The molecule has 0 fully saturated rings. The van der Waals surface area contributed by atoms with Crippen molar-refractivity contribution in [1.82, 2.24) is 5.32 Å². The third-order valence-corrected chi connectivity index (χ3v) is 15.1. The molecular weight excluding hydrogens is 911 g/mol. The summed E-state index contributed by atoms with van der Waals surface area (Å²) >= 11 is 0. The molecule has 0 aliphatic heterocycles. The zero-order valence-electron chi connectivity index (χ0n) is 49.6. The molecule has 0 radical (unpaired) electrons. The van der Waals surface area contributed by atoms with Crippen LogP contribution in [0, 0.1) is 0 Å². The maximum Gasteiger partial charge on any atom is 0.305 e. The monoisotopic (exact) mass is 1040 g/mol. The fraction of sp³-hybridized carbons (Fsp3) is 0.853. The number of hydrogen-bond acceptors (Lipinski definition) is 5. The number of unbranched alkanes of at least 4 members (excludes halogenated alkanes) is 44. The molecule has 1 amide bonds. The summed E-state index contributed by atoms with van der Waals surface area (Å²) in [5.74, 6) is -0.0776. The van der Waals surface area contributed by atoms with E-state index in [0.717, 1.165) is 57.8 Å². The summed E-state index contributed by atoms with van der Waals surface area (Å²) in [6.07, 6.45) is 81.6. The van der Waals surface area contributed by atoms with Gasteiger partial charge in [0.2, 0.25) is 5.91 Å². The molecule has 2 atom stereocenters. The van der Waals surface area contributed by atoms with Crippen molar-refractivity contribution in [2.75, 3.05) is 13.2 Å². The van der Waals surface area contributed by atoms with Gasteiger partial charge in [-0.2, -0.15) is 0 Å². The van der Waals surface area contributed by atoms with Crippen LogP contribution >= 0.6 is 0 Å². The van der Waals surface area contributed by atoms with Crippen LogP contribution in [0.5, 0.6) is 0 Å². The van der Waals surface area contributed by atoms with E-state index in [2.05, 4.69) is 55.6 Å². The van der Waals surface area contributed by atoms with E-state index in [1.54, 1.807) is 6.08 Å². The minimum Gasteiger partial charge on any atom is -0.466 e. The molecule has 434 valence electrons. The summed E-state index contributed by atoms with van der Waals surface area (Å²) in [6.45, 7) is 4.89. The van der Waals surface area contributed by atoms with Gasteiger partial charge in [0.25, 0.3) is 0 Å². The van der Waals surface area contributed by atoms with E-state index < -0.39 is 12.1 Å². The molecule has 0 saturated heterocycles. The van der Waals surface area contributed by atoms with Gasteiger partial charge in [-0.1, -0.05) is 294 Å². The average molecular weight is 1040 g/mol. The highest BCUT2D eigenvalue weighted by Crippen LogP contribution is 2.17.